The largest absolute Gasteiger partial charge is 0.573 e. The van der Waals surface area contributed by atoms with Crippen LogP contribution in [0.5, 0.6) is 5.75 Å². The van der Waals surface area contributed by atoms with E-state index >= 15 is 0 Å². The van der Waals surface area contributed by atoms with E-state index in [1.54, 1.807) is 12.1 Å². The Kier molecular flexibility index (Phi) is 3.48. The zero-order valence-electron chi connectivity index (χ0n) is 9.14. The van der Waals surface area contributed by atoms with Gasteiger partial charge < -0.3 is 10.5 Å². The first-order valence-corrected chi connectivity index (χ1v) is 4.81. The van der Waals surface area contributed by atoms with Crippen LogP contribution in [0.1, 0.15) is 19.4 Å². The van der Waals surface area contributed by atoms with Crippen molar-refractivity contribution < 1.29 is 17.9 Å². The van der Waals surface area contributed by atoms with Crippen LogP contribution in [0, 0.1) is 0 Å². The molecule has 0 atom stereocenters. The van der Waals surface area contributed by atoms with Crippen LogP contribution >= 0.6 is 0 Å². The number of halogens is 3. The van der Waals surface area contributed by atoms with Gasteiger partial charge in [0.1, 0.15) is 5.75 Å². The Morgan fingerprint density at radius 3 is 2.00 bits per heavy atom. The van der Waals surface area contributed by atoms with Crippen LogP contribution in [0.25, 0.3) is 0 Å². The van der Waals surface area contributed by atoms with E-state index in [1.165, 1.54) is 12.1 Å². The second-order valence-corrected chi connectivity index (χ2v) is 4.16. The van der Waals surface area contributed by atoms with Crippen molar-refractivity contribution in [3.8, 4) is 5.75 Å². The van der Waals surface area contributed by atoms with Crippen molar-refractivity contribution in [2.75, 3.05) is 6.54 Å². The van der Waals surface area contributed by atoms with Gasteiger partial charge in [-0.3, -0.25) is 0 Å². The molecule has 2 N–H and O–H groups in total. The van der Waals surface area contributed by atoms with Gasteiger partial charge >= 0.3 is 6.36 Å². The van der Waals surface area contributed by atoms with E-state index in [9.17, 15) is 13.2 Å². The summed E-state index contributed by atoms with van der Waals surface area (Å²) >= 11 is 0. The van der Waals surface area contributed by atoms with Crippen molar-refractivity contribution in [1.29, 1.82) is 0 Å². The molecule has 0 aromatic heterocycles. The minimum atomic E-state index is -4.65. The lowest BCUT2D eigenvalue weighted by atomic mass is 9.85. The average molecular weight is 233 g/mol. The number of alkyl halides is 3. The third-order valence-electron chi connectivity index (χ3n) is 2.38. The predicted octanol–water partition coefficient (Wildman–Crippen LogP) is 2.82. The van der Waals surface area contributed by atoms with Crippen LogP contribution in [0.2, 0.25) is 0 Å². The van der Waals surface area contributed by atoms with E-state index in [2.05, 4.69) is 4.74 Å². The molecule has 1 aromatic carbocycles. The summed E-state index contributed by atoms with van der Waals surface area (Å²) in [5, 5.41) is 0. The van der Waals surface area contributed by atoms with Crippen molar-refractivity contribution in [1.82, 2.24) is 0 Å². The molecule has 90 valence electrons. The standard InChI is InChI=1S/C11H14F3NO/c1-10(2,7-15)8-3-5-9(6-4-8)16-11(12,13)14/h3-6H,7,15H2,1-2H3. The van der Waals surface area contributed by atoms with Gasteiger partial charge in [-0.05, 0) is 17.7 Å². The van der Waals surface area contributed by atoms with E-state index in [1.807, 2.05) is 13.8 Å². The van der Waals surface area contributed by atoms with Crippen LogP contribution in [0.3, 0.4) is 0 Å². The second-order valence-electron chi connectivity index (χ2n) is 4.16. The molecule has 0 bridgehead atoms. The Bertz CT molecular complexity index is 343. The van der Waals surface area contributed by atoms with Crippen molar-refractivity contribution in [2.24, 2.45) is 5.73 Å². The number of ether oxygens (including phenoxy) is 1. The van der Waals surface area contributed by atoms with Crippen molar-refractivity contribution in [2.45, 2.75) is 25.6 Å². The van der Waals surface area contributed by atoms with Gasteiger partial charge in [0.25, 0.3) is 0 Å². The molecular weight excluding hydrogens is 219 g/mol. The molecule has 0 aliphatic heterocycles. The molecule has 16 heavy (non-hydrogen) atoms. The maximum atomic E-state index is 11.9. The summed E-state index contributed by atoms with van der Waals surface area (Å²) < 4.78 is 39.5. The Labute approximate surface area is 92.2 Å². The highest BCUT2D eigenvalue weighted by atomic mass is 19.4. The minimum absolute atomic E-state index is 0.218. The molecule has 0 heterocycles. The van der Waals surface area contributed by atoms with Crippen LogP contribution < -0.4 is 10.5 Å². The topological polar surface area (TPSA) is 35.2 Å². The van der Waals surface area contributed by atoms with Gasteiger partial charge in [-0.25, -0.2) is 0 Å². The van der Waals surface area contributed by atoms with E-state index in [0.717, 1.165) is 5.56 Å². The third-order valence-corrected chi connectivity index (χ3v) is 2.38. The number of rotatable bonds is 3. The van der Waals surface area contributed by atoms with Crippen LogP contribution in [0.4, 0.5) is 13.2 Å². The van der Waals surface area contributed by atoms with E-state index in [-0.39, 0.29) is 11.2 Å². The maximum Gasteiger partial charge on any atom is 0.573 e. The molecule has 1 aromatic rings. The van der Waals surface area contributed by atoms with Gasteiger partial charge in [0, 0.05) is 12.0 Å². The normalized spacial score (nSPS) is 12.6. The first-order valence-electron chi connectivity index (χ1n) is 4.81. The van der Waals surface area contributed by atoms with Crippen LogP contribution in [-0.2, 0) is 5.41 Å². The fraction of sp³-hybridized carbons (Fsp3) is 0.455. The van der Waals surface area contributed by atoms with Crippen molar-refractivity contribution >= 4 is 0 Å². The lowest BCUT2D eigenvalue weighted by Gasteiger charge is -2.23. The summed E-state index contributed by atoms with van der Waals surface area (Å²) in [7, 11) is 0. The molecule has 0 fully saturated rings. The zero-order chi connectivity index (χ0) is 12.4. The van der Waals surface area contributed by atoms with Crippen molar-refractivity contribution in [3.63, 3.8) is 0 Å². The quantitative estimate of drug-likeness (QED) is 0.871. The average Bonchev–Trinajstić information content (AvgIpc) is 2.16. The Balaban J connectivity index is 2.84. The minimum Gasteiger partial charge on any atom is -0.406 e. The molecule has 0 spiro atoms. The molecule has 0 aliphatic rings. The van der Waals surface area contributed by atoms with Crippen LogP contribution in [0.15, 0.2) is 24.3 Å². The zero-order valence-corrected chi connectivity index (χ0v) is 9.14. The molecular formula is C11H14F3NO. The number of benzene rings is 1. The fourth-order valence-electron chi connectivity index (χ4n) is 1.23. The third kappa shape index (κ3) is 3.41. The van der Waals surface area contributed by atoms with Gasteiger partial charge in [-0.2, -0.15) is 0 Å². The monoisotopic (exact) mass is 233 g/mol. The van der Waals surface area contributed by atoms with Crippen LogP contribution in [-0.4, -0.2) is 12.9 Å². The maximum absolute atomic E-state index is 11.9. The molecule has 0 saturated carbocycles. The Morgan fingerprint density at radius 1 is 1.12 bits per heavy atom. The Hall–Kier alpha value is -1.23. The molecule has 0 radical (unpaired) electrons. The smallest absolute Gasteiger partial charge is 0.406 e. The van der Waals surface area contributed by atoms with Gasteiger partial charge in [0.05, 0.1) is 0 Å². The Morgan fingerprint density at radius 2 is 1.62 bits per heavy atom. The van der Waals surface area contributed by atoms with Gasteiger partial charge in [0.2, 0.25) is 0 Å². The summed E-state index contributed by atoms with van der Waals surface area (Å²) in [6.45, 7) is 4.27. The molecule has 1 rings (SSSR count). The molecule has 0 aliphatic carbocycles. The summed E-state index contributed by atoms with van der Waals surface area (Å²) in [5.41, 5.74) is 6.19. The van der Waals surface area contributed by atoms with Gasteiger partial charge in [0.15, 0.2) is 0 Å². The second kappa shape index (κ2) is 4.33. The molecule has 0 amide bonds. The molecule has 5 heteroatoms. The highest BCUT2D eigenvalue weighted by molar-refractivity contribution is 5.31. The molecule has 2 nitrogen and oxygen atoms in total. The first kappa shape index (κ1) is 12.8. The fourth-order valence-corrected chi connectivity index (χ4v) is 1.23. The lowest BCUT2D eigenvalue weighted by molar-refractivity contribution is -0.274. The summed E-state index contributed by atoms with van der Waals surface area (Å²) in [5.74, 6) is -0.218. The SMILES string of the molecule is CC(C)(CN)c1ccc(OC(F)(F)F)cc1. The summed E-state index contributed by atoms with van der Waals surface area (Å²) in [4.78, 5) is 0. The molecule has 0 unspecified atom stereocenters. The summed E-state index contributed by atoms with van der Waals surface area (Å²) in [6.07, 6.45) is -4.65. The highest BCUT2D eigenvalue weighted by Gasteiger charge is 2.31. The van der Waals surface area contributed by atoms with Gasteiger partial charge in [-0.15, -0.1) is 13.2 Å². The van der Waals surface area contributed by atoms with Crippen molar-refractivity contribution in [3.05, 3.63) is 29.8 Å². The predicted molar refractivity (Wildman–Crippen MR) is 55.2 cm³/mol. The summed E-state index contributed by atoms with van der Waals surface area (Å²) in [6, 6.07) is 5.77. The first-order chi connectivity index (χ1) is 7.24. The number of hydrogen-bond donors (Lipinski definition) is 1. The van der Waals surface area contributed by atoms with E-state index < -0.39 is 6.36 Å². The molecule has 0 saturated heterocycles. The highest BCUT2D eigenvalue weighted by Crippen LogP contribution is 2.27. The van der Waals surface area contributed by atoms with Gasteiger partial charge in [-0.1, -0.05) is 26.0 Å². The van der Waals surface area contributed by atoms with E-state index in [4.69, 9.17) is 5.73 Å². The lowest BCUT2D eigenvalue weighted by Crippen LogP contribution is -2.28. The van der Waals surface area contributed by atoms with E-state index in [0.29, 0.717) is 6.54 Å². The number of nitrogens with two attached hydrogens (primary N) is 1. The number of hydrogen-bond acceptors (Lipinski definition) is 2.